The Labute approximate surface area is 340 Å². The van der Waals surface area contributed by atoms with Crippen molar-refractivity contribution in [3.05, 3.63) is 155 Å². The normalized spacial score (nSPS) is 17.8. The highest BCUT2D eigenvalue weighted by atomic mass is 16.7. The summed E-state index contributed by atoms with van der Waals surface area (Å²) in [5.41, 5.74) is 6.28. The van der Waals surface area contributed by atoms with Crippen LogP contribution in [0.4, 0.5) is 5.82 Å². The van der Waals surface area contributed by atoms with Crippen LogP contribution in [0.3, 0.4) is 0 Å². The van der Waals surface area contributed by atoms with Crippen LogP contribution in [0.5, 0.6) is 23.0 Å². The number of nitrogens with zero attached hydrogens (tertiary/aromatic N) is 5. The Morgan fingerprint density at radius 1 is 0.683 bits per heavy atom. The van der Waals surface area contributed by atoms with E-state index in [4.69, 9.17) is 37.9 Å². The van der Waals surface area contributed by atoms with Crippen molar-refractivity contribution in [2.24, 2.45) is 5.11 Å². The van der Waals surface area contributed by atoms with Crippen molar-refractivity contribution < 1.29 is 57.1 Å². The average Bonchev–Trinajstić information content (AvgIpc) is 3.55. The van der Waals surface area contributed by atoms with Gasteiger partial charge in [0.05, 0.1) is 0 Å². The van der Waals surface area contributed by atoms with E-state index in [0.29, 0.717) is 23.0 Å². The van der Waals surface area contributed by atoms with E-state index in [0.717, 1.165) is 10.8 Å². The third-order valence-corrected chi connectivity index (χ3v) is 8.31. The lowest BCUT2D eigenvalue weighted by atomic mass is 10.0. The van der Waals surface area contributed by atoms with Gasteiger partial charge in [-0.05, 0) is 60.1 Å². The summed E-state index contributed by atoms with van der Waals surface area (Å²) in [5, 5.41) is 6.20. The number of carbonyl (C=O) groups excluding carboxylic acids is 4. The van der Waals surface area contributed by atoms with Gasteiger partial charge in [0, 0.05) is 11.1 Å². The topological polar surface area (TPSA) is 238 Å². The number of esters is 3. The number of rotatable bonds is 19. The Morgan fingerprint density at radius 2 is 1.15 bits per heavy atom. The number of carbonyl (C=O) groups is 4. The lowest BCUT2D eigenvalue weighted by molar-refractivity contribution is -0.181. The molecule has 1 N–H and O–H groups in total. The number of nitrogens with one attached hydrogen (secondary N) is 1. The first-order valence-corrected chi connectivity index (χ1v) is 18.1. The van der Waals surface area contributed by atoms with Crippen LogP contribution >= 0.6 is 0 Å². The molecule has 1 aromatic heterocycles. The molecule has 1 aliphatic rings. The first-order valence-electron chi connectivity index (χ1n) is 18.1. The van der Waals surface area contributed by atoms with Crippen molar-refractivity contribution in [1.82, 2.24) is 9.55 Å². The highest BCUT2D eigenvalue weighted by molar-refractivity contribution is 5.90. The van der Waals surface area contributed by atoms with Crippen molar-refractivity contribution in [3.8, 4) is 23.0 Å². The molecule has 0 aliphatic carbocycles. The van der Waals surface area contributed by atoms with Crippen molar-refractivity contribution in [1.29, 1.82) is 0 Å². The summed E-state index contributed by atoms with van der Waals surface area (Å²) in [4.78, 5) is 72.9. The molecule has 4 atom stereocenters. The van der Waals surface area contributed by atoms with Crippen LogP contribution in [0.15, 0.2) is 143 Å². The molecule has 1 aliphatic heterocycles. The van der Waals surface area contributed by atoms with Gasteiger partial charge >= 0.3 is 23.6 Å². The summed E-state index contributed by atoms with van der Waals surface area (Å²) in [7, 11) is 0. The SMILES string of the molecule is [N-]=[N+]=N[C@]1(COC(=O)COc2ccccc2)O[C@@H](n2ccc(NC(=O)COc3ccccc3)nc2=O)[C@H](OC(=O)COc2ccccc2)[C@@H]1OC(=O)COc1ccccc1. The Hall–Kier alpha value is -7.89. The first-order chi connectivity index (χ1) is 29.2. The van der Waals surface area contributed by atoms with E-state index in [1.807, 2.05) is 0 Å². The first kappa shape index (κ1) is 41.7. The number of hydrogen-bond donors (Lipinski definition) is 1. The minimum absolute atomic E-state index is 0.185. The summed E-state index contributed by atoms with van der Waals surface area (Å²) in [6, 6.07) is 34.6. The third-order valence-electron chi connectivity index (χ3n) is 8.31. The maximum absolute atomic E-state index is 13.7. The highest BCUT2D eigenvalue weighted by Crippen LogP contribution is 2.42. The predicted molar refractivity (Wildman–Crippen MR) is 208 cm³/mol. The van der Waals surface area contributed by atoms with E-state index in [1.54, 1.807) is 121 Å². The molecule has 19 heteroatoms. The smallest absolute Gasteiger partial charge is 0.351 e. The van der Waals surface area contributed by atoms with Crippen LogP contribution < -0.4 is 30.0 Å². The average molecular weight is 821 g/mol. The fraction of sp³-hybridized carbons (Fsp3) is 0.220. The number of azide groups is 1. The fourth-order valence-electron chi connectivity index (χ4n) is 5.63. The summed E-state index contributed by atoms with van der Waals surface area (Å²) >= 11 is 0. The number of aromatic nitrogens is 2. The molecule has 1 fully saturated rings. The van der Waals surface area contributed by atoms with Gasteiger partial charge in [-0.3, -0.25) is 9.36 Å². The summed E-state index contributed by atoms with van der Waals surface area (Å²) < 4.78 is 46.0. The molecular weight excluding hydrogens is 784 g/mol. The van der Waals surface area contributed by atoms with Gasteiger partial charge in [0.2, 0.25) is 5.72 Å². The van der Waals surface area contributed by atoms with Gasteiger partial charge in [-0.25, -0.2) is 19.2 Å². The molecular formula is C41H36N6O13. The molecule has 0 bridgehead atoms. The van der Waals surface area contributed by atoms with Crippen molar-refractivity contribution in [2.75, 3.05) is 38.4 Å². The van der Waals surface area contributed by atoms with Crippen molar-refractivity contribution in [3.63, 3.8) is 0 Å². The van der Waals surface area contributed by atoms with Gasteiger partial charge in [0.25, 0.3) is 5.91 Å². The van der Waals surface area contributed by atoms with Crippen LogP contribution in [0.25, 0.3) is 10.4 Å². The summed E-state index contributed by atoms with van der Waals surface area (Å²) in [5.74, 6) is -2.48. The number of anilines is 1. The molecule has 308 valence electrons. The number of amides is 1. The number of ether oxygens (including phenoxy) is 8. The molecule has 0 unspecified atom stereocenters. The van der Waals surface area contributed by atoms with E-state index in [9.17, 15) is 29.5 Å². The second-order valence-corrected chi connectivity index (χ2v) is 12.5. The zero-order valence-electron chi connectivity index (χ0n) is 31.5. The minimum Gasteiger partial charge on any atom is -0.484 e. The molecule has 2 heterocycles. The Morgan fingerprint density at radius 3 is 1.63 bits per heavy atom. The molecule has 19 nitrogen and oxygen atoms in total. The molecule has 1 amide bonds. The van der Waals surface area contributed by atoms with E-state index in [-0.39, 0.29) is 5.82 Å². The van der Waals surface area contributed by atoms with E-state index in [2.05, 4.69) is 20.3 Å². The van der Waals surface area contributed by atoms with Gasteiger partial charge in [0.15, 0.2) is 44.9 Å². The molecule has 60 heavy (non-hydrogen) atoms. The Bertz CT molecular complexity index is 2330. The summed E-state index contributed by atoms with van der Waals surface area (Å²) in [6.07, 6.45) is -4.34. The fourth-order valence-corrected chi connectivity index (χ4v) is 5.63. The van der Waals surface area contributed by atoms with Crippen LogP contribution in [0, 0.1) is 0 Å². The number of benzene rings is 4. The van der Waals surface area contributed by atoms with Gasteiger partial charge in [0.1, 0.15) is 35.4 Å². The monoisotopic (exact) mass is 820 g/mol. The third kappa shape index (κ3) is 11.6. The van der Waals surface area contributed by atoms with E-state index >= 15 is 0 Å². The van der Waals surface area contributed by atoms with Crippen molar-refractivity contribution in [2.45, 2.75) is 24.2 Å². The van der Waals surface area contributed by atoms with E-state index < -0.39 is 86.7 Å². The molecule has 0 spiro atoms. The maximum Gasteiger partial charge on any atom is 0.351 e. The molecule has 5 aromatic rings. The van der Waals surface area contributed by atoms with Crippen molar-refractivity contribution >= 4 is 29.6 Å². The standard InChI is InChI=1S/C41H36N6O13/c42-46-45-41(27-57-34(49)24-54-29-15-7-2-8-16-29)38(59-36(51)26-56-31-19-11-4-12-20-31)37(58-35(50)25-55-30-17-9-3-10-18-30)39(60-41)47-22-21-32(44-40(47)52)43-33(48)23-53-28-13-5-1-6-14-28/h1-22,37-39H,23-27H2,(H,43,44,48,52)/t37-,38+,39-,41-/m1/s1. The zero-order chi connectivity index (χ0) is 42.2. The lowest BCUT2D eigenvalue weighted by Crippen LogP contribution is -2.50. The quantitative estimate of drug-likeness (QED) is 0.0400. The van der Waals surface area contributed by atoms with E-state index in [1.165, 1.54) is 6.07 Å². The second-order valence-electron chi connectivity index (χ2n) is 12.5. The highest BCUT2D eigenvalue weighted by Gasteiger charge is 2.61. The van der Waals surface area contributed by atoms with Crippen LogP contribution in [0.1, 0.15) is 6.23 Å². The molecule has 4 aromatic carbocycles. The zero-order valence-corrected chi connectivity index (χ0v) is 31.5. The van der Waals surface area contributed by atoms with Crippen LogP contribution in [-0.4, -0.2) is 84.3 Å². The number of hydrogen-bond acceptors (Lipinski definition) is 15. The maximum atomic E-state index is 13.7. The minimum atomic E-state index is -2.49. The van der Waals surface area contributed by atoms with Gasteiger partial charge < -0.3 is 43.2 Å². The molecule has 0 radical (unpaired) electrons. The molecule has 1 saturated heterocycles. The molecule has 6 rings (SSSR count). The summed E-state index contributed by atoms with van der Waals surface area (Å²) in [6.45, 7) is -3.31. The predicted octanol–water partition coefficient (Wildman–Crippen LogP) is 4.40. The van der Waals surface area contributed by atoms with Crippen LogP contribution in [0.2, 0.25) is 0 Å². The second kappa shape index (κ2) is 20.5. The Balaban J connectivity index is 1.29. The number of para-hydroxylation sites is 4. The van der Waals surface area contributed by atoms with Gasteiger partial charge in [-0.15, -0.1) is 0 Å². The lowest BCUT2D eigenvalue weighted by Gasteiger charge is -2.29. The Kier molecular flexibility index (Phi) is 14.3. The largest absolute Gasteiger partial charge is 0.484 e. The van der Waals surface area contributed by atoms with Gasteiger partial charge in [-0.2, -0.15) is 4.98 Å². The van der Waals surface area contributed by atoms with Crippen LogP contribution in [-0.2, 0) is 38.1 Å². The van der Waals surface area contributed by atoms with Gasteiger partial charge in [-0.1, -0.05) is 77.9 Å². The molecule has 0 saturated carbocycles.